The number of ether oxygens (including phenoxy) is 1. The highest BCUT2D eigenvalue weighted by Gasteiger charge is 2.25. The largest absolute Gasteiger partial charge is 0.444 e. The normalized spacial score (nSPS) is 13.4. The minimum Gasteiger partial charge on any atom is -0.444 e. The van der Waals surface area contributed by atoms with Crippen molar-refractivity contribution in [3.8, 4) is 0 Å². The van der Waals surface area contributed by atoms with Crippen LogP contribution in [-0.4, -0.2) is 49.0 Å². The van der Waals surface area contributed by atoms with Crippen LogP contribution in [0.25, 0.3) is 0 Å². The molecule has 0 fully saturated rings. The number of likely N-dealkylation sites (N-methyl/N-ethyl adjacent to an activating group) is 1. The molecule has 0 radical (unpaired) electrons. The number of non-ortho nitro benzene ring substituents is 1. The SMILES string of the molecule is C[C@@H](CN(C)S(=O)(=O)c1cccc([N+](=O)[O-])c1)NC(=O)OC(C)(C)C. The van der Waals surface area contributed by atoms with Gasteiger partial charge < -0.3 is 10.1 Å². The number of alkyl carbamates (subject to hydrolysis) is 1. The number of nitro groups is 1. The van der Waals surface area contributed by atoms with E-state index in [2.05, 4.69) is 5.32 Å². The maximum absolute atomic E-state index is 12.5. The fraction of sp³-hybridized carbons (Fsp3) is 0.533. The second-order valence-corrected chi connectivity index (χ2v) is 8.63. The Morgan fingerprint density at radius 3 is 2.52 bits per heavy atom. The Bertz CT molecular complexity index is 742. The van der Waals surface area contributed by atoms with E-state index in [1.54, 1.807) is 27.7 Å². The summed E-state index contributed by atoms with van der Waals surface area (Å²) in [5.74, 6) is 0. The van der Waals surface area contributed by atoms with Crippen molar-refractivity contribution in [2.24, 2.45) is 0 Å². The number of amides is 1. The number of benzene rings is 1. The van der Waals surface area contributed by atoms with E-state index >= 15 is 0 Å². The van der Waals surface area contributed by atoms with E-state index in [1.807, 2.05) is 0 Å². The molecule has 1 atom stereocenters. The van der Waals surface area contributed by atoms with Gasteiger partial charge in [-0.2, -0.15) is 4.31 Å². The van der Waals surface area contributed by atoms with Crippen molar-refractivity contribution in [1.29, 1.82) is 0 Å². The first-order valence-electron chi connectivity index (χ1n) is 7.53. The first-order chi connectivity index (χ1) is 11.3. The van der Waals surface area contributed by atoms with Crippen LogP contribution >= 0.6 is 0 Å². The zero-order chi connectivity index (χ0) is 19.4. The molecule has 0 heterocycles. The average molecular weight is 373 g/mol. The fourth-order valence-corrected chi connectivity index (χ4v) is 3.28. The second-order valence-electron chi connectivity index (χ2n) is 6.59. The number of sulfonamides is 1. The van der Waals surface area contributed by atoms with E-state index in [-0.39, 0.29) is 17.1 Å². The van der Waals surface area contributed by atoms with Gasteiger partial charge in [-0.3, -0.25) is 10.1 Å². The highest BCUT2D eigenvalue weighted by atomic mass is 32.2. The first-order valence-corrected chi connectivity index (χ1v) is 8.97. The van der Waals surface area contributed by atoms with Gasteiger partial charge in [0.05, 0.1) is 9.82 Å². The van der Waals surface area contributed by atoms with Gasteiger partial charge in [0.25, 0.3) is 5.69 Å². The van der Waals surface area contributed by atoms with Crippen molar-refractivity contribution in [1.82, 2.24) is 9.62 Å². The van der Waals surface area contributed by atoms with Gasteiger partial charge in [0, 0.05) is 31.8 Å². The van der Waals surface area contributed by atoms with E-state index < -0.39 is 32.7 Å². The molecule has 1 aromatic rings. The van der Waals surface area contributed by atoms with Crippen LogP contribution in [0.3, 0.4) is 0 Å². The molecule has 1 N–H and O–H groups in total. The molecule has 140 valence electrons. The third-order valence-electron chi connectivity index (χ3n) is 3.03. The van der Waals surface area contributed by atoms with E-state index in [0.717, 1.165) is 10.4 Å². The summed E-state index contributed by atoms with van der Waals surface area (Å²) >= 11 is 0. The standard InChI is InChI=1S/C15H23N3O6S/c1-11(16-14(19)24-15(2,3)4)10-17(5)25(22,23)13-8-6-7-12(9-13)18(20)21/h6-9,11H,10H2,1-5H3,(H,16,19)/t11-/m0/s1. The van der Waals surface area contributed by atoms with Gasteiger partial charge in [0.1, 0.15) is 5.60 Å². The highest BCUT2D eigenvalue weighted by Crippen LogP contribution is 2.20. The van der Waals surface area contributed by atoms with E-state index in [9.17, 15) is 23.3 Å². The Labute approximate surface area is 147 Å². The number of hydrogen-bond donors (Lipinski definition) is 1. The summed E-state index contributed by atoms with van der Waals surface area (Å²) < 4.78 is 31.2. The van der Waals surface area contributed by atoms with Crippen LogP contribution in [-0.2, 0) is 14.8 Å². The minimum atomic E-state index is -3.92. The molecule has 0 saturated heterocycles. The third-order valence-corrected chi connectivity index (χ3v) is 4.85. The quantitative estimate of drug-likeness (QED) is 0.603. The van der Waals surface area contributed by atoms with Gasteiger partial charge in [-0.15, -0.1) is 0 Å². The predicted molar refractivity (Wildman–Crippen MR) is 91.7 cm³/mol. The monoisotopic (exact) mass is 373 g/mol. The van der Waals surface area contributed by atoms with Crippen LogP contribution in [0.4, 0.5) is 10.5 Å². The molecule has 1 amide bonds. The maximum Gasteiger partial charge on any atom is 0.407 e. The number of nitrogens with zero attached hydrogens (tertiary/aromatic N) is 2. The number of carbonyl (C=O) groups is 1. The molecule has 25 heavy (non-hydrogen) atoms. The van der Waals surface area contributed by atoms with Crippen molar-refractivity contribution >= 4 is 21.8 Å². The van der Waals surface area contributed by atoms with Crippen LogP contribution in [0.1, 0.15) is 27.7 Å². The Morgan fingerprint density at radius 2 is 2.00 bits per heavy atom. The molecule has 0 aliphatic heterocycles. The van der Waals surface area contributed by atoms with Gasteiger partial charge in [-0.25, -0.2) is 13.2 Å². The van der Waals surface area contributed by atoms with Gasteiger partial charge in [0.15, 0.2) is 0 Å². The lowest BCUT2D eigenvalue weighted by Gasteiger charge is -2.24. The highest BCUT2D eigenvalue weighted by molar-refractivity contribution is 7.89. The van der Waals surface area contributed by atoms with Crippen molar-refractivity contribution in [2.45, 2.75) is 44.2 Å². The average Bonchev–Trinajstić information content (AvgIpc) is 2.44. The van der Waals surface area contributed by atoms with Gasteiger partial charge in [0.2, 0.25) is 10.0 Å². The number of hydrogen-bond acceptors (Lipinski definition) is 6. The van der Waals surface area contributed by atoms with E-state index in [1.165, 1.54) is 25.2 Å². The van der Waals surface area contributed by atoms with Crippen molar-refractivity contribution in [3.63, 3.8) is 0 Å². The number of rotatable bonds is 6. The summed E-state index contributed by atoms with van der Waals surface area (Å²) in [6.45, 7) is 6.76. The minimum absolute atomic E-state index is 0.0235. The van der Waals surface area contributed by atoms with Crippen LogP contribution < -0.4 is 5.32 Å². The molecular weight excluding hydrogens is 350 g/mol. The summed E-state index contributed by atoms with van der Waals surface area (Å²) in [6, 6.07) is 4.28. The van der Waals surface area contributed by atoms with Gasteiger partial charge >= 0.3 is 6.09 Å². The summed E-state index contributed by atoms with van der Waals surface area (Å²) in [5, 5.41) is 13.3. The Morgan fingerprint density at radius 1 is 1.40 bits per heavy atom. The molecule has 1 aromatic carbocycles. The Hall–Kier alpha value is -2.20. The van der Waals surface area contributed by atoms with Crippen molar-refractivity contribution in [2.75, 3.05) is 13.6 Å². The summed E-state index contributed by atoms with van der Waals surface area (Å²) in [6.07, 6.45) is -0.652. The maximum atomic E-state index is 12.5. The van der Waals surface area contributed by atoms with Crippen molar-refractivity contribution in [3.05, 3.63) is 34.4 Å². The van der Waals surface area contributed by atoms with Gasteiger partial charge in [-0.05, 0) is 33.8 Å². The molecule has 9 nitrogen and oxygen atoms in total. The lowest BCUT2D eigenvalue weighted by Crippen LogP contribution is -2.44. The lowest BCUT2D eigenvalue weighted by atomic mass is 10.2. The van der Waals surface area contributed by atoms with Crippen LogP contribution in [0.2, 0.25) is 0 Å². The Kier molecular flexibility index (Phi) is 6.49. The molecule has 10 heteroatoms. The molecule has 0 aromatic heterocycles. The lowest BCUT2D eigenvalue weighted by molar-refractivity contribution is -0.385. The predicted octanol–water partition coefficient (Wildman–Crippen LogP) is 2.13. The molecule has 0 bridgehead atoms. The summed E-state index contributed by atoms with van der Waals surface area (Å²) in [4.78, 5) is 21.7. The molecule has 0 saturated carbocycles. The summed E-state index contributed by atoms with van der Waals surface area (Å²) in [5.41, 5.74) is -0.973. The molecule has 0 unspecified atom stereocenters. The van der Waals surface area contributed by atoms with Gasteiger partial charge in [-0.1, -0.05) is 6.07 Å². The smallest absolute Gasteiger partial charge is 0.407 e. The number of nitro benzene ring substituents is 1. The molecule has 0 aliphatic rings. The zero-order valence-electron chi connectivity index (χ0n) is 14.8. The molecule has 1 rings (SSSR count). The fourth-order valence-electron chi connectivity index (χ4n) is 1.98. The van der Waals surface area contributed by atoms with Crippen LogP contribution in [0.5, 0.6) is 0 Å². The molecule has 0 aliphatic carbocycles. The van der Waals surface area contributed by atoms with E-state index in [4.69, 9.17) is 4.74 Å². The van der Waals surface area contributed by atoms with E-state index in [0.29, 0.717) is 0 Å². The van der Waals surface area contributed by atoms with Crippen LogP contribution in [0.15, 0.2) is 29.2 Å². The third kappa shape index (κ3) is 6.31. The molecular formula is C15H23N3O6S. The topological polar surface area (TPSA) is 119 Å². The number of nitrogens with one attached hydrogen (secondary N) is 1. The second kappa shape index (κ2) is 7.79. The van der Waals surface area contributed by atoms with Crippen LogP contribution in [0, 0.1) is 10.1 Å². The number of carbonyl (C=O) groups excluding carboxylic acids is 1. The Balaban J connectivity index is 2.81. The first kappa shape index (κ1) is 20.8. The zero-order valence-corrected chi connectivity index (χ0v) is 15.7. The summed E-state index contributed by atoms with van der Waals surface area (Å²) in [7, 11) is -2.59. The molecule has 0 spiro atoms. The van der Waals surface area contributed by atoms with Crippen molar-refractivity contribution < 1.29 is 22.9 Å².